The third-order valence-electron chi connectivity index (χ3n) is 2.25. The Morgan fingerprint density at radius 1 is 1.29 bits per heavy atom. The quantitative estimate of drug-likeness (QED) is 0.526. The molecule has 0 radical (unpaired) electrons. The van der Waals surface area contributed by atoms with Crippen molar-refractivity contribution in [2.75, 3.05) is 6.61 Å². The first kappa shape index (κ1) is 12.9. The molecule has 0 saturated heterocycles. The van der Waals surface area contributed by atoms with E-state index in [1.165, 1.54) is 6.92 Å². The van der Waals surface area contributed by atoms with Crippen molar-refractivity contribution in [1.82, 2.24) is 0 Å². The fourth-order valence-electron chi connectivity index (χ4n) is 0.867. The predicted octanol–water partition coefficient (Wildman–Crippen LogP) is 1.69. The molecule has 0 aromatic heterocycles. The number of hydrogen-bond acceptors (Lipinski definition) is 3. The van der Waals surface area contributed by atoms with Crippen LogP contribution in [0.1, 0.15) is 33.6 Å². The topological polar surface area (TPSA) is 63.6 Å². The number of aliphatic carboxylic acids is 1. The zero-order valence-corrected chi connectivity index (χ0v) is 8.95. The van der Waals surface area contributed by atoms with Gasteiger partial charge in [-0.25, -0.2) is 0 Å². The molecule has 0 amide bonds. The second kappa shape index (κ2) is 6.40. The number of ether oxygens (including phenoxy) is 1. The van der Waals surface area contributed by atoms with Crippen LogP contribution in [0.25, 0.3) is 0 Å². The van der Waals surface area contributed by atoms with Gasteiger partial charge in [-0.1, -0.05) is 27.2 Å². The molecule has 0 fully saturated rings. The van der Waals surface area contributed by atoms with Gasteiger partial charge in [0.15, 0.2) is 0 Å². The first-order chi connectivity index (χ1) is 6.50. The lowest BCUT2D eigenvalue weighted by Gasteiger charge is -2.14. The number of hydrogen-bond donors (Lipinski definition) is 1. The SMILES string of the molecule is CCCCOC(=O)C(C)C(C)C(=O)O. The Kier molecular flexibility index (Phi) is 5.92. The summed E-state index contributed by atoms with van der Waals surface area (Å²) in [6.45, 7) is 5.46. The first-order valence-electron chi connectivity index (χ1n) is 4.90. The largest absolute Gasteiger partial charge is 0.481 e. The molecule has 0 aliphatic carbocycles. The van der Waals surface area contributed by atoms with Gasteiger partial charge in [-0.15, -0.1) is 0 Å². The van der Waals surface area contributed by atoms with Crippen molar-refractivity contribution in [3.8, 4) is 0 Å². The van der Waals surface area contributed by atoms with Gasteiger partial charge in [0.1, 0.15) is 0 Å². The van der Waals surface area contributed by atoms with Gasteiger partial charge in [-0.2, -0.15) is 0 Å². The molecule has 0 aromatic carbocycles. The molecule has 0 bridgehead atoms. The van der Waals surface area contributed by atoms with Crippen LogP contribution in [-0.4, -0.2) is 23.7 Å². The molecular weight excluding hydrogens is 184 g/mol. The molecule has 2 atom stereocenters. The van der Waals surface area contributed by atoms with Crippen molar-refractivity contribution in [2.45, 2.75) is 33.6 Å². The van der Waals surface area contributed by atoms with E-state index in [1.54, 1.807) is 6.92 Å². The Hall–Kier alpha value is -1.06. The molecule has 0 rings (SSSR count). The second-order valence-electron chi connectivity index (χ2n) is 3.44. The number of carbonyl (C=O) groups is 2. The molecule has 4 heteroatoms. The van der Waals surface area contributed by atoms with Gasteiger partial charge >= 0.3 is 11.9 Å². The van der Waals surface area contributed by atoms with Gasteiger partial charge < -0.3 is 9.84 Å². The van der Waals surface area contributed by atoms with Crippen LogP contribution in [0.15, 0.2) is 0 Å². The summed E-state index contributed by atoms with van der Waals surface area (Å²) in [6.07, 6.45) is 1.77. The van der Waals surface area contributed by atoms with Crippen LogP contribution in [0, 0.1) is 11.8 Å². The summed E-state index contributed by atoms with van der Waals surface area (Å²) >= 11 is 0. The summed E-state index contributed by atoms with van der Waals surface area (Å²) in [6, 6.07) is 0. The normalized spacial score (nSPS) is 14.5. The fourth-order valence-corrected chi connectivity index (χ4v) is 0.867. The minimum atomic E-state index is -0.968. The molecule has 0 spiro atoms. The lowest BCUT2D eigenvalue weighted by molar-refractivity contribution is -0.156. The molecular formula is C10H18O4. The van der Waals surface area contributed by atoms with E-state index in [4.69, 9.17) is 9.84 Å². The van der Waals surface area contributed by atoms with Gasteiger partial charge in [0, 0.05) is 0 Å². The van der Waals surface area contributed by atoms with Gasteiger partial charge in [0.25, 0.3) is 0 Å². The molecule has 0 aromatic rings. The van der Waals surface area contributed by atoms with E-state index in [0.29, 0.717) is 6.61 Å². The fraction of sp³-hybridized carbons (Fsp3) is 0.800. The third-order valence-corrected chi connectivity index (χ3v) is 2.25. The number of carbonyl (C=O) groups excluding carboxylic acids is 1. The lowest BCUT2D eigenvalue weighted by atomic mass is 9.96. The maximum atomic E-state index is 11.3. The standard InChI is InChI=1S/C10H18O4/c1-4-5-6-14-10(13)8(3)7(2)9(11)12/h7-8H,4-6H2,1-3H3,(H,11,12). The van der Waals surface area contributed by atoms with Crippen LogP contribution in [0.3, 0.4) is 0 Å². The van der Waals surface area contributed by atoms with Crippen molar-refractivity contribution >= 4 is 11.9 Å². The highest BCUT2D eigenvalue weighted by atomic mass is 16.5. The maximum absolute atomic E-state index is 11.3. The summed E-state index contributed by atoms with van der Waals surface area (Å²) in [5.74, 6) is -2.66. The highest BCUT2D eigenvalue weighted by molar-refractivity contribution is 5.80. The summed E-state index contributed by atoms with van der Waals surface area (Å²) in [7, 11) is 0. The van der Waals surface area contributed by atoms with Crippen LogP contribution in [-0.2, 0) is 14.3 Å². The number of esters is 1. The van der Waals surface area contributed by atoms with E-state index in [1.807, 2.05) is 6.92 Å². The smallest absolute Gasteiger partial charge is 0.309 e. The minimum absolute atomic E-state index is 0.381. The Balaban J connectivity index is 3.92. The van der Waals surface area contributed by atoms with Gasteiger partial charge in [-0.3, -0.25) is 9.59 Å². The number of carboxylic acid groups (broad SMARTS) is 1. The Morgan fingerprint density at radius 2 is 1.86 bits per heavy atom. The van der Waals surface area contributed by atoms with E-state index in [9.17, 15) is 9.59 Å². The van der Waals surface area contributed by atoms with Crippen molar-refractivity contribution in [3.05, 3.63) is 0 Å². The summed E-state index contributed by atoms with van der Waals surface area (Å²) < 4.78 is 4.91. The average molecular weight is 202 g/mol. The molecule has 4 nitrogen and oxygen atoms in total. The molecule has 2 unspecified atom stereocenters. The average Bonchev–Trinajstić information content (AvgIpc) is 2.15. The lowest BCUT2D eigenvalue weighted by Crippen LogP contribution is -2.27. The summed E-state index contributed by atoms with van der Waals surface area (Å²) in [5.41, 5.74) is 0. The molecule has 1 N–H and O–H groups in total. The van der Waals surface area contributed by atoms with Crippen LogP contribution in [0.2, 0.25) is 0 Å². The zero-order valence-electron chi connectivity index (χ0n) is 8.95. The van der Waals surface area contributed by atoms with Crippen molar-refractivity contribution in [3.63, 3.8) is 0 Å². The van der Waals surface area contributed by atoms with E-state index >= 15 is 0 Å². The summed E-state index contributed by atoms with van der Waals surface area (Å²) in [5, 5.41) is 8.67. The number of carboxylic acids is 1. The van der Waals surface area contributed by atoms with Gasteiger partial charge in [0.05, 0.1) is 18.4 Å². The number of rotatable bonds is 6. The molecule has 0 saturated carbocycles. The van der Waals surface area contributed by atoms with Gasteiger partial charge in [0.2, 0.25) is 0 Å². The van der Waals surface area contributed by atoms with E-state index in [0.717, 1.165) is 12.8 Å². The molecule has 0 aliphatic heterocycles. The maximum Gasteiger partial charge on any atom is 0.309 e. The first-order valence-corrected chi connectivity index (χ1v) is 4.90. The Labute approximate surface area is 84.3 Å². The zero-order chi connectivity index (χ0) is 11.1. The molecule has 0 heterocycles. The van der Waals surface area contributed by atoms with Crippen LogP contribution in [0.5, 0.6) is 0 Å². The molecule has 0 aliphatic rings. The molecule has 14 heavy (non-hydrogen) atoms. The third kappa shape index (κ3) is 4.25. The van der Waals surface area contributed by atoms with Crippen LogP contribution < -0.4 is 0 Å². The van der Waals surface area contributed by atoms with E-state index in [2.05, 4.69) is 0 Å². The van der Waals surface area contributed by atoms with Crippen molar-refractivity contribution in [2.24, 2.45) is 11.8 Å². The van der Waals surface area contributed by atoms with Crippen LogP contribution in [0.4, 0.5) is 0 Å². The molecule has 82 valence electrons. The van der Waals surface area contributed by atoms with Crippen molar-refractivity contribution < 1.29 is 19.4 Å². The monoisotopic (exact) mass is 202 g/mol. The highest BCUT2D eigenvalue weighted by Gasteiger charge is 2.26. The second-order valence-corrected chi connectivity index (χ2v) is 3.44. The van der Waals surface area contributed by atoms with Gasteiger partial charge in [-0.05, 0) is 6.42 Å². The van der Waals surface area contributed by atoms with Crippen molar-refractivity contribution in [1.29, 1.82) is 0 Å². The number of unbranched alkanes of at least 4 members (excludes halogenated alkanes) is 1. The van der Waals surface area contributed by atoms with E-state index < -0.39 is 23.8 Å². The predicted molar refractivity (Wildman–Crippen MR) is 51.8 cm³/mol. The van der Waals surface area contributed by atoms with Crippen LogP contribution >= 0.6 is 0 Å². The minimum Gasteiger partial charge on any atom is -0.481 e. The van der Waals surface area contributed by atoms with E-state index in [-0.39, 0.29) is 0 Å². The highest BCUT2D eigenvalue weighted by Crippen LogP contribution is 2.13. The Bertz CT molecular complexity index is 200. The Morgan fingerprint density at radius 3 is 2.29 bits per heavy atom. The summed E-state index contributed by atoms with van der Waals surface area (Å²) in [4.78, 5) is 21.8.